The number of hydrogen-bond acceptors (Lipinski definition) is 3. The first-order chi connectivity index (χ1) is 9.93. The fourth-order valence-electron chi connectivity index (χ4n) is 2.21. The number of carbonyl (C=O) groups excluding carboxylic acids is 1. The van der Waals surface area contributed by atoms with Crippen molar-refractivity contribution in [3.05, 3.63) is 29.6 Å². The Morgan fingerprint density at radius 2 is 2.00 bits per heavy atom. The quantitative estimate of drug-likeness (QED) is 0.795. The average Bonchev–Trinajstić information content (AvgIpc) is 2.43. The Morgan fingerprint density at radius 3 is 2.57 bits per heavy atom. The van der Waals surface area contributed by atoms with Crippen LogP contribution in [0.4, 0.5) is 14.9 Å². The Balaban J connectivity index is 2.05. The second-order valence-corrected chi connectivity index (χ2v) is 5.04. The number of aliphatic carboxylic acids is 1. The minimum Gasteiger partial charge on any atom is -0.480 e. The lowest BCUT2D eigenvalue weighted by Crippen LogP contribution is -2.58. The maximum atomic E-state index is 13.2. The number of carbonyl (C=O) groups is 2. The number of aryl methyl sites for hydroxylation is 1. The summed E-state index contributed by atoms with van der Waals surface area (Å²) in [6, 6.07) is 3.50. The van der Waals surface area contributed by atoms with E-state index in [0.29, 0.717) is 11.3 Å². The van der Waals surface area contributed by atoms with Crippen LogP contribution in [0.2, 0.25) is 0 Å². The number of amides is 2. The van der Waals surface area contributed by atoms with Crippen molar-refractivity contribution < 1.29 is 23.8 Å². The summed E-state index contributed by atoms with van der Waals surface area (Å²) in [6.45, 7) is 2.14. The largest absolute Gasteiger partial charge is 0.480 e. The van der Waals surface area contributed by atoms with Gasteiger partial charge in [0.05, 0.1) is 0 Å². The number of urea groups is 1. The molecule has 1 fully saturated rings. The van der Waals surface area contributed by atoms with Crippen LogP contribution in [0, 0.1) is 12.7 Å². The van der Waals surface area contributed by atoms with Crippen molar-refractivity contribution in [1.82, 2.24) is 5.32 Å². The lowest BCUT2D eigenvalue weighted by molar-refractivity contribution is -0.148. The predicted molar refractivity (Wildman–Crippen MR) is 73.7 cm³/mol. The lowest BCUT2D eigenvalue weighted by atomic mass is 9.90. The second-order valence-electron chi connectivity index (χ2n) is 5.04. The van der Waals surface area contributed by atoms with Crippen LogP contribution >= 0.6 is 0 Å². The van der Waals surface area contributed by atoms with E-state index in [9.17, 15) is 19.1 Å². The van der Waals surface area contributed by atoms with Crippen molar-refractivity contribution in [1.29, 1.82) is 0 Å². The molecule has 0 bridgehead atoms. The Bertz CT molecular complexity index is 556. The van der Waals surface area contributed by atoms with Gasteiger partial charge in [0.25, 0.3) is 0 Å². The number of hydrogen-bond donors (Lipinski definition) is 3. The molecule has 0 atom stereocenters. The number of carboxylic acids is 1. The van der Waals surface area contributed by atoms with Gasteiger partial charge < -0.3 is 20.5 Å². The van der Waals surface area contributed by atoms with Crippen molar-refractivity contribution in [3.63, 3.8) is 0 Å². The molecule has 1 aliphatic rings. The van der Waals surface area contributed by atoms with Crippen molar-refractivity contribution in [3.8, 4) is 0 Å². The minimum atomic E-state index is -1.32. The SMILES string of the molecule is Cc1cc(NC(=O)NC2(C(=O)O)CCOCC2)ccc1F. The zero-order chi connectivity index (χ0) is 15.5. The minimum absolute atomic E-state index is 0.207. The highest BCUT2D eigenvalue weighted by Crippen LogP contribution is 2.21. The molecule has 0 radical (unpaired) electrons. The van der Waals surface area contributed by atoms with E-state index in [1.807, 2.05) is 0 Å². The summed E-state index contributed by atoms with van der Waals surface area (Å²) in [7, 11) is 0. The molecule has 0 aromatic heterocycles. The van der Waals surface area contributed by atoms with Crippen LogP contribution in [-0.2, 0) is 9.53 Å². The summed E-state index contributed by atoms with van der Waals surface area (Å²) >= 11 is 0. The van der Waals surface area contributed by atoms with Gasteiger partial charge in [0.2, 0.25) is 0 Å². The summed E-state index contributed by atoms with van der Waals surface area (Å²) in [4.78, 5) is 23.4. The Hall–Kier alpha value is -2.15. The number of nitrogens with one attached hydrogen (secondary N) is 2. The molecule has 6 nitrogen and oxygen atoms in total. The highest BCUT2D eigenvalue weighted by Gasteiger charge is 2.41. The van der Waals surface area contributed by atoms with Crippen LogP contribution in [0.1, 0.15) is 18.4 Å². The van der Waals surface area contributed by atoms with Crippen LogP contribution in [0.15, 0.2) is 18.2 Å². The number of carboxylic acid groups (broad SMARTS) is 1. The maximum absolute atomic E-state index is 13.2. The van der Waals surface area contributed by atoms with Gasteiger partial charge in [-0.05, 0) is 30.7 Å². The number of anilines is 1. The van der Waals surface area contributed by atoms with E-state index in [2.05, 4.69) is 10.6 Å². The topological polar surface area (TPSA) is 87.7 Å². The van der Waals surface area contributed by atoms with Crippen LogP contribution in [0.5, 0.6) is 0 Å². The number of benzene rings is 1. The first-order valence-corrected chi connectivity index (χ1v) is 6.59. The van der Waals surface area contributed by atoms with Crippen LogP contribution in [0.25, 0.3) is 0 Å². The van der Waals surface area contributed by atoms with Gasteiger partial charge in [-0.2, -0.15) is 0 Å². The summed E-state index contributed by atoms with van der Waals surface area (Å²) < 4.78 is 18.3. The highest BCUT2D eigenvalue weighted by atomic mass is 19.1. The van der Waals surface area contributed by atoms with Crippen molar-refractivity contribution in [2.45, 2.75) is 25.3 Å². The summed E-state index contributed by atoms with van der Waals surface area (Å²) in [5.74, 6) is -1.45. The molecular formula is C14H17FN2O4. The van der Waals surface area contributed by atoms with E-state index in [1.54, 1.807) is 6.92 Å². The standard InChI is InChI=1S/C14H17FN2O4/c1-9-8-10(2-3-11(9)15)16-13(20)17-14(12(18)19)4-6-21-7-5-14/h2-3,8H,4-7H2,1H3,(H,18,19)(H2,16,17,20). The third-order valence-corrected chi connectivity index (χ3v) is 3.52. The van der Waals surface area contributed by atoms with Crippen LogP contribution < -0.4 is 10.6 Å². The molecule has 1 aromatic rings. The lowest BCUT2D eigenvalue weighted by Gasteiger charge is -2.33. The molecule has 7 heteroatoms. The first kappa shape index (κ1) is 15.2. The highest BCUT2D eigenvalue weighted by molar-refractivity contribution is 5.94. The Kier molecular flexibility index (Phi) is 4.42. The van der Waals surface area contributed by atoms with E-state index in [0.717, 1.165) is 0 Å². The third kappa shape index (κ3) is 3.49. The zero-order valence-electron chi connectivity index (χ0n) is 11.6. The molecule has 1 aromatic carbocycles. The van der Waals surface area contributed by atoms with Crippen molar-refractivity contribution in [2.24, 2.45) is 0 Å². The number of rotatable bonds is 3. The number of ether oxygens (including phenoxy) is 1. The predicted octanol–water partition coefficient (Wildman–Crippen LogP) is 1.89. The van der Waals surface area contributed by atoms with E-state index in [-0.39, 0.29) is 31.9 Å². The van der Waals surface area contributed by atoms with Crippen molar-refractivity contribution >= 4 is 17.7 Å². The van der Waals surface area contributed by atoms with Gasteiger partial charge in [-0.15, -0.1) is 0 Å². The van der Waals surface area contributed by atoms with E-state index < -0.39 is 17.5 Å². The van der Waals surface area contributed by atoms with E-state index in [1.165, 1.54) is 18.2 Å². The van der Waals surface area contributed by atoms with Gasteiger partial charge in [-0.1, -0.05) is 0 Å². The Morgan fingerprint density at radius 1 is 1.33 bits per heavy atom. The van der Waals surface area contributed by atoms with Gasteiger partial charge in [-0.25, -0.2) is 14.0 Å². The Labute approximate surface area is 121 Å². The second kappa shape index (κ2) is 6.09. The van der Waals surface area contributed by atoms with Gasteiger partial charge in [0, 0.05) is 31.7 Å². The van der Waals surface area contributed by atoms with Crippen LogP contribution in [-0.4, -0.2) is 35.9 Å². The molecule has 0 aliphatic carbocycles. The molecule has 2 amide bonds. The molecule has 0 spiro atoms. The molecule has 1 heterocycles. The number of halogens is 1. The smallest absolute Gasteiger partial charge is 0.329 e. The average molecular weight is 296 g/mol. The van der Waals surface area contributed by atoms with E-state index >= 15 is 0 Å². The van der Waals surface area contributed by atoms with Crippen molar-refractivity contribution in [2.75, 3.05) is 18.5 Å². The maximum Gasteiger partial charge on any atom is 0.329 e. The van der Waals surface area contributed by atoms with E-state index in [4.69, 9.17) is 4.74 Å². The normalized spacial score (nSPS) is 17.0. The van der Waals surface area contributed by atoms with Gasteiger partial charge in [0.1, 0.15) is 11.4 Å². The molecule has 3 N–H and O–H groups in total. The monoisotopic (exact) mass is 296 g/mol. The summed E-state index contributed by atoms with van der Waals surface area (Å²) in [5, 5.41) is 14.3. The first-order valence-electron chi connectivity index (χ1n) is 6.59. The molecule has 0 saturated carbocycles. The van der Waals surface area contributed by atoms with Crippen LogP contribution in [0.3, 0.4) is 0 Å². The van der Waals surface area contributed by atoms with Gasteiger partial charge in [-0.3, -0.25) is 0 Å². The molecule has 114 valence electrons. The van der Waals surface area contributed by atoms with Gasteiger partial charge >= 0.3 is 12.0 Å². The summed E-state index contributed by atoms with van der Waals surface area (Å²) in [6.07, 6.45) is 0.413. The third-order valence-electron chi connectivity index (χ3n) is 3.52. The molecule has 1 aliphatic heterocycles. The molecule has 21 heavy (non-hydrogen) atoms. The van der Waals surface area contributed by atoms with Gasteiger partial charge in [0.15, 0.2) is 0 Å². The fraction of sp³-hybridized carbons (Fsp3) is 0.429. The zero-order valence-corrected chi connectivity index (χ0v) is 11.6. The molecule has 1 saturated heterocycles. The molecule has 2 rings (SSSR count). The fourth-order valence-corrected chi connectivity index (χ4v) is 2.21. The molecule has 0 unspecified atom stereocenters. The molecular weight excluding hydrogens is 279 g/mol. The summed E-state index contributed by atoms with van der Waals surface area (Å²) in [5.41, 5.74) is -0.525.